The first-order chi connectivity index (χ1) is 8.19. The zero-order chi connectivity index (χ0) is 12.3. The highest BCUT2D eigenvalue weighted by Crippen LogP contribution is 2.13. The lowest BCUT2D eigenvalue weighted by Crippen LogP contribution is -2.01. The Labute approximate surface area is 102 Å². The quantitative estimate of drug-likeness (QED) is 0.873. The van der Waals surface area contributed by atoms with Crippen LogP contribution < -0.4 is 5.32 Å². The van der Waals surface area contributed by atoms with Gasteiger partial charge in [0.2, 0.25) is 0 Å². The van der Waals surface area contributed by atoms with E-state index in [0.717, 1.165) is 18.7 Å². The molecule has 0 spiro atoms. The van der Waals surface area contributed by atoms with Gasteiger partial charge in [-0.15, -0.1) is 0 Å². The minimum Gasteiger partial charge on any atom is -0.381 e. The number of hydrogen-bond acceptors (Lipinski definition) is 2. The largest absolute Gasteiger partial charge is 0.381 e. The zero-order valence-electron chi connectivity index (χ0n) is 10.7. The third-order valence-electron chi connectivity index (χ3n) is 2.83. The maximum Gasteiger partial charge on any atom is 0.0671 e. The summed E-state index contributed by atoms with van der Waals surface area (Å²) in [4.78, 5) is 0. The van der Waals surface area contributed by atoms with Crippen LogP contribution in [0.15, 0.2) is 30.5 Å². The average Bonchev–Trinajstić information content (AvgIpc) is 2.67. The van der Waals surface area contributed by atoms with Gasteiger partial charge in [0.05, 0.1) is 5.69 Å². The Morgan fingerprint density at radius 3 is 2.88 bits per heavy atom. The molecule has 17 heavy (non-hydrogen) atoms. The molecule has 0 unspecified atom stereocenters. The van der Waals surface area contributed by atoms with Crippen molar-refractivity contribution in [3.05, 3.63) is 47.3 Å². The minimum absolute atomic E-state index is 0.834. The van der Waals surface area contributed by atoms with Crippen LogP contribution in [0.25, 0.3) is 0 Å². The van der Waals surface area contributed by atoms with Crippen LogP contribution in [0.1, 0.15) is 23.7 Å². The van der Waals surface area contributed by atoms with Gasteiger partial charge in [0, 0.05) is 31.0 Å². The number of nitrogens with one attached hydrogen (secondary N) is 1. The highest BCUT2D eigenvalue weighted by atomic mass is 15.3. The minimum atomic E-state index is 0.834. The third-order valence-corrected chi connectivity index (χ3v) is 2.83. The highest BCUT2D eigenvalue weighted by molar-refractivity contribution is 5.46. The lowest BCUT2D eigenvalue weighted by Gasteiger charge is -2.06. The third kappa shape index (κ3) is 2.87. The fourth-order valence-corrected chi connectivity index (χ4v) is 1.98. The molecule has 0 aliphatic heterocycles. The normalized spacial score (nSPS) is 10.5. The molecule has 3 heteroatoms. The van der Waals surface area contributed by atoms with Crippen LogP contribution in [0.4, 0.5) is 5.69 Å². The van der Waals surface area contributed by atoms with Crippen molar-refractivity contribution in [2.45, 2.75) is 26.8 Å². The second-order valence-electron chi connectivity index (χ2n) is 4.35. The van der Waals surface area contributed by atoms with Crippen molar-refractivity contribution in [2.24, 2.45) is 7.05 Å². The van der Waals surface area contributed by atoms with Crippen molar-refractivity contribution in [3.8, 4) is 0 Å². The number of aromatic nitrogens is 2. The molecule has 0 saturated heterocycles. The number of benzene rings is 1. The lowest BCUT2D eigenvalue weighted by atomic mass is 10.2. The molecule has 1 aromatic heterocycles. The Bertz CT molecular complexity index is 500. The number of rotatable bonds is 4. The van der Waals surface area contributed by atoms with E-state index >= 15 is 0 Å². The molecule has 0 aliphatic rings. The standard InChI is InChI=1S/C14H19N3/c1-4-14-12(10-17(3)16-14)9-15-13-7-5-6-11(2)8-13/h5-8,10,15H,4,9H2,1-3H3. The first-order valence-corrected chi connectivity index (χ1v) is 6.01. The summed E-state index contributed by atoms with van der Waals surface area (Å²) >= 11 is 0. The molecule has 0 fully saturated rings. The monoisotopic (exact) mass is 229 g/mol. The van der Waals surface area contributed by atoms with Crippen molar-refractivity contribution < 1.29 is 0 Å². The van der Waals surface area contributed by atoms with Crippen molar-refractivity contribution in [2.75, 3.05) is 5.32 Å². The van der Waals surface area contributed by atoms with Gasteiger partial charge in [0.15, 0.2) is 0 Å². The molecule has 2 rings (SSSR count). The number of hydrogen-bond donors (Lipinski definition) is 1. The molecule has 1 heterocycles. The summed E-state index contributed by atoms with van der Waals surface area (Å²) in [6, 6.07) is 8.42. The predicted molar refractivity (Wildman–Crippen MR) is 71.1 cm³/mol. The highest BCUT2D eigenvalue weighted by Gasteiger charge is 2.05. The molecular weight excluding hydrogens is 210 g/mol. The zero-order valence-corrected chi connectivity index (χ0v) is 10.7. The average molecular weight is 229 g/mol. The summed E-state index contributed by atoms with van der Waals surface area (Å²) < 4.78 is 1.88. The van der Waals surface area contributed by atoms with E-state index in [-0.39, 0.29) is 0 Å². The van der Waals surface area contributed by atoms with E-state index in [1.165, 1.54) is 16.8 Å². The second kappa shape index (κ2) is 5.04. The summed E-state index contributed by atoms with van der Waals surface area (Å²) in [5.74, 6) is 0. The van der Waals surface area contributed by atoms with Gasteiger partial charge in [-0.3, -0.25) is 4.68 Å². The maximum absolute atomic E-state index is 4.44. The van der Waals surface area contributed by atoms with Crippen LogP contribution in [0.2, 0.25) is 0 Å². The van der Waals surface area contributed by atoms with E-state index < -0.39 is 0 Å². The molecule has 0 amide bonds. The van der Waals surface area contributed by atoms with Gasteiger partial charge < -0.3 is 5.32 Å². The van der Waals surface area contributed by atoms with Crippen molar-refractivity contribution >= 4 is 5.69 Å². The van der Waals surface area contributed by atoms with Crippen LogP contribution in [0.5, 0.6) is 0 Å². The molecule has 0 atom stereocenters. The predicted octanol–water partition coefficient (Wildman–Crippen LogP) is 2.90. The molecule has 2 aromatic rings. The van der Waals surface area contributed by atoms with Crippen LogP contribution >= 0.6 is 0 Å². The van der Waals surface area contributed by atoms with Gasteiger partial charge in [-0.25, -0.2) is 0 Å². The molecule has 1 aromatic carbocycles. The summed E-state index contributed by atoms with van der Waals surface area (Å²) in [6.45, 7) is 5.08. The van der Waals surface area contributed by atoms with Crippen LogP contribution in [-0.4, -0.2) is 9.78 Å². The molecule has 1 N–H and O–H groups in total. The lowest BCUT2D eigenvalue weighted by molar-refractivity contribution is 0.746. The van der Waals surface area contributed by atoms with Crippen molar-refractivity contribution in [1.82, 2.24) is 9.78 Å². The van der Waals surface area contributed by atoms with Gasteiger partial charge in [-0.1, -0.05) is 19.1 Å². The topological polar surface area (TPSA) is 29.9 Å². The van der Waals surface area contributed by atoms with Gasteiger partial charge in [-0.2, -0.15) is 5.10 Å². The second-order valence-corrected chi connectivity index (χ2v) is 4.35. The first-order valence-electron chi connectivity index (χ1n) is 6.01. The summed E-state index contributed by atoms with van der Waals surface area (Å²) in [7, 11) is 1.97. The van der Waals surface area contributed by atoms with E-state index in [4.69, 9.17) is 0 Å². The molecule has 0 radical (unpaired) electrons. The first kappa shape index (κ1) is 11.7. The number of nitrogens with zero attached hydrogens (tertiary/aromatic N) is 2. The van der Waals surface area contributed by atoms with Gasteiger partial charge in [-0.05, 0) is 31.0 Å². The van der Waals surface area contributed by atoms with E-state index in [1.807, 2.05) is 11.7 Å². The number of anilines is 1. The summed E-state index contributed by atoms with van der Waals surface area (Å²) in [5.41, 5.74) is 4.89. The van der Waals surface area contributed by atoms with Crippen LogP contribution in [0, 0.1) is 6.92 Å². The van der Waals surface area contributed by atoms with Crippen LogP contribution in [-0.2, 0) is 20.0 Å². The van der Waals surface area contributed by atoms with E-state index in [0.29, 0.717) is 0 Å². The van der Waals surface area contributed by atoms with Crippen molar-refractivity contribution in [1.29, 1.82) is 0 Å². The van der Waals surface area contributed by atoms with E-state index in [9.17, 15) is 0 Å². The van der Waals surface area contributed by atoms with Gasteiger partial charge >= 0.3 is 0 Å². The molecule has 90 valence electrons. The summed E-state index contributed by atoms with van der Waals surface area (Å²) in [5, 5.41) is 7.87. The van der Waals surface area contributed by atoms with Gasteiger partial charge in [0.1, 0.15) is 0 Å². The molecule has 0 aliphatic carbocycles. The number of aryl methyl sites for hydroxylation is 3. The molecule has 3 nitrogen and oxygen atoms in total. The van der Waals surface area contributed by atoms with E-state index in [1.54, 1.807) is 0 Å². The smallest absolute Gasteiger partial charge is 0.0671 e. The molecule has 0 saturated carbocycles. The Morgan fingerprint density at radius 1 is 1.35 bits per heavy atom. The summed E-state index contributed by atoms with van der Waals surface area (Å²) in [6.07, 6.45) is 3.06. The Kier molecular flexibility index (Phi) is 3.47. The van der Waals surface area contributed by atoms with E-state index in [2.05, 4.69) is 54.7 Å². The van der Waals surface area contributed by atoms with Crippen molar-refractivity contribution in [3.63, 3.8) is 0 Å². The van der Waals surface area contributed by atoms with Crippen LogP contribution in [0.3, 0.4) is 0 Å². The molecule has 0 bridgehead atoms. The SMILES string of the molecule is CCc1nn(C)cc1CNc1cccc(C)c1. The fourth-order valence-electron chi connectivity index (χ4n) is 1.98. The Hall–Kier alpha value is -1.77. The Balaban J connectivity index is 2.06. The fraction of sp³-hybridized carbons (Fsp3) is 0.357. The van der Waals surface area contributed by atoms with Gasteiger partial charge in [0.25, 0.3) is 0 Å². The Morgan fingerprint density at radius 2 is 2.18 bits per heavy atom. The molecular formula is C14H19N3. The maximum atomic E-state index is 4.44.